The third-order valence-electron chi connectivity index (χ3n) is 2.80. The lowest BCUT2D eigenvalue weighted by Gasteiger charge is -1.96. The lowest BCUT2D eigenvalue weighted by atomic mass is 10.2. The van der Waals surface area contributed by atoms with E-state index in [1.807, 2.05) is 22.7 Å². The van der Waals surface area contributed by atoms with Crippen LogP contribution in [0.2, 0.25) is 0 Å². The van der Waals surface area contributed by atoms with Crippen LogP contribution in [0.5, 0.6) is 0 Å². The van der Waals surface area contributed by atoms with Crippen LogP contribution in [0.25, 0.3) is 4.96 Å². The van der Waals surface area contributed by atoms with Crippen LogP contribution >= 0.6 is 11.3 Å². The number of imidazole rings is 1. The second-order valence-corrected chi connectivity index (χ2v) is 5.27. The molecule has 0 atom stereocenters. The molecule has 108 valence electrons. The number of benzene rings is 1. The SMILES string of the molecule is O=CNc1ccc(C#Cc2cn3cc(NC=O)nc3s2)cc1. The molecule has 1 aromatic carbocycles. The van der Waals surface area contributed by atoms with Crippen molar-refractivity contribution < 1.29 is 9.59 Å². The fourth-order valence-corrected chi connectivity index (χ4v) is 2.65. The zero-order chi connectivity index (χ0) is 15.4. The smallest absolute Gasteiger partial charge is 0.212 e. The standard InChI is InChI=1S/C15H10N4O2S/c20-9-16-12-4-1-11(2-5-12)3-6-13-7-19-8-14(17-10-21)18-15(19)22-13/h1-2,4-5,7-10H,(H,16,20)(H,17,21). The molecule has 2 aromatic heterocycles. The highest BCUT2D eigenvalue weighted by atomic mass is 32.1. The Hall–Kier alpha value is -3.11. The summed E-state index contributed by atoms with van der Waals surface area (Å²) in [6.45, 7) is 0. The summed E-state index contributed by atoms with van der Waals surface area (Å²) < 4.78 is 1.82. The number of fused-ring (bicyclic) bond motifs is 1. The topological polar surface area (TPSA) is 75.5 Å². The highest BCUT2D eigenvalue weighted by molar-refractivity contribution is 7.17. The molecule has 0 saturated carbocycles. The third kappa shape index (κ3) is 2.97. The molecular formula is C15H10N4O2S. The van der Waals surface area contributed by atoms with Crippen molar-refractivity contribution in [1.29, 1.82) is 0 Å². The van der Waals surface area contributed by atoms with Gasteiger partial charge in [0.2, 0.25) is 12.8 Å². The van der Waals surface area contributed by atoms with E-state index in [1.165, 1.54) is 11.3 Å². The van der Waals surface area contributed by atoms with Crippen LogP contribution in [0.1, 0.15) is 10.4 Å². The summed E-state index contributed by atoms with van der Waals surface area (Å²) >= 11 is 1.44. The van der Waals surface area contributed by atoms with Crippen LogP contribution in [0, 0.1) is 11.8 Å². The minimum atomic E-state index is 0.513. The van der Waals surface area contributed by atoms with E-state index in [-0.39, 0.29) is 0 Å². The van der Waals surface area contributed by atoms with E-state index >= 15 is 0 Å². The number of anilines is 2. The molecular weight excluding hydrogens is 300 g/mol. The molecule has 0 spiro atoms. The van der Waals surface area contributed by atoms with Crippen molar-refractivity contribution in [3.8, 4) is 11.8 Å². The Morgan fingerprint density at radius 2 is 1.82 bits per heavy atom. The maximum Gasteiger partial charge on any atom is 0.212 e. The molecule has 3 rings (SSSR count). The highest BCUT2D eigenvalue weighted by Gasteiger charge is 2.04. The summed E-state index contributed by atoms with van der Waals surface area (Å²) in [5.74, 6) is 6.63. The van der Waals surface area contributed by atoms with Crippen LogP contribution in [0.15, 0.2) is 36.7 Å². The summed E-state index contributed by atoms with van der Waals surface area (Å²) in [6.07, 6.45) is 4.82. The van der Waals surface area contributed by atoms with Gasteiger partial charge in [0.05, 0.1) is 11.1 Å². The van der Waals surface area contributed by atoms with E-state index in [0.717, 1.165) is 21.1 Å². The van der Waals surface area contributed by atoms with Crippen LogP contribution < -0.4 is 10.6 Å². The van der Waals surface area contributed by atoms with E-state index in [2.05, 4.69) is 27.5 Å². The first-order chi connectivity index (χ1) is 10.8. The lowest BCUT2D eigenvalue weighted by Crippen LogP contribution is -1.92. The molecule has 2 N–H and O–H groups in total. The molecule has 6 nitrogen and oxygen atoms in total. The predicted molar refractivity (Wildman–Crippen MR) is 84.9 cm³/mol. The number of carbonyl (C=O) groups is 2. The van der Waals surface area contributed by atoms with Crippen molar-refractivity contribution in [1.82, 2.24) is 9.38 Å². The van der Waals surface area contributed by atoms with E-state index in [0.29, 0.717) is 18.6 Å². The number of thiazole rings is 1. The second kappa shape index (κ2) is 6.11. The number of nitrogens with zero attached hydrogens (tertiary/aromatic N) is 2. The fraction of sp³-hybridized carbons (Fsp3) is 0. The summed E-state index contributed by atoms with van der Waals surface area (Å²) in [5, 5.41) is 5.07. The maximum absolute atomic E-state index is 10.4. The Balaban J connectivity index is 1.79. The summed E-state index contributed by atoms with van der Waals surface area (Å²) in [6, 6.07) is 7.25. The van der Waals surface area contributed by atoms with Gasteiger partial charge in [0.15, 0.2) is 10.8 Å². The minimum Gasteiger partial charge on any atom is -0.329 e. The number of hydrogen-bond acceptors (Lipinski definition) is 4. The number of rotatable bonds is 4. The third-order valence-corrected chi connectivity index (χ3v) is 3.72. The summed E-state index contributed by atoms with van der Waals surface area (Å²) in [7, 11) is 0. The number of amides is 2. The van der Waals surface area contributed by atoms with Gasteiger partial charge in [-0.05, 0) is 30.2 Å². The number of hydrogen-bond donors (Lipinski definition) is 2. The molecule has 2 heterocycles. The van der Waals surface area contributed by atoms with Gasteiger partial charge in [-0.1, -0.05) is 17.3 Å². The molecule has 7 heteroatoms. The lowest BCUT2D eigenvalue weighted by molar-refractivity contribution is -0.106. The predicted octanol–water partition coefficient (Wildman–Crippen LogP) is 1.93. The first-order valence-corrected chi connectivity index (χ1v) is 7.11. The van der Waals surface area contributed by atoms with Crippen LogP contribution in [0.4, 0.5) is 11.5 Å². The average Bonchev–Trinajstić information content (AvgIpc) is 3.05. The first kappa shape index (κ1) is 13.9. The Morgan fingerprint density at radius 3 is 2.50 bits per heavy atom. The van der Waals surface area contributed by atoms with Crippen LogP contribution in [-0.4, -0.2) is 22.2 Å². The molecule has 0 saturated heterocycles. The van der Waals surface area contributed by atoms with E-state index in [1.54, 1.807) is 18.3 Å². The highest BCUT2D eigenvalue weighted by Crippen LogP contribution is 2.19. The van der Waals surface area contributed by atoms with Gasteiger partial charge < -0.3 is 10.6 Å². The number of aromatic nitrogens is 2. The maximum atomic E-state index is 10.4. The van der Waals surface area contributed by atoms with E-state index < -0.39 is 0 Å². The van der Waals surface area contributed by atoms with Gasteiger partial charge in [-0.25, -0.2) is 4.98 Å². The monoisotopic (exact) mass is 310 g/mol. The van der Waals surface area contributed by atoms with Gasteiger partial charge >= 0.3 is 0 Å². The largest absolute Gasteiger partial charge is 0.329 e. The van der Waals surface area contributed by atoms with Crippen LogP contribution in [0.3, 0.4) is 0 Å². The first-order valence-electron chi connectivity index (χ1n) is 6.29. The van der Waals surface area contributed by atoms with E-state index in [4.69, 9.17) is 0 Å². The van der Waals surface area contributed by atoms with Crippen LogP contribution in [-0.2, 0) is 9.59 Å². The van der Waals surface area contributed by atoms with Gasteiger partial charge in [-0.3, -0.25) is 14.0 Å². The van der Waals surface area contributed by atoms with Crippen molar-refractivity contribution in [2.75, 3.05) is 10.6 Å². The normalized spacial score (nSPS) is 9.82. The fourth-order valence-electron chi connectivity index (χ4n) is 1.83. The molecule has 0 radical (unpaired) electrons. The molecule has 3 aromatic rings. The Kier molecular flexibility index (Phi) is 3.85. The molecule has 0 aliphatic carbocycles. The molecule has 2 amide bonds. The van der Waals surface area contributed by atoms with Crippen molar-refractivity contribution in [3.05, 3.63) is 47.1 Å². The molecule has 0 fully saturated rings. The molecule has 0 aliphatic rings. The number of nitrogens with one attached hydrogen (secondary N) is 2. The molecule has 0 unspecified atom stereocenters. The van der Waals surface area contributed by atoms with Crippen molar-refractivity contribution >= 4 is 40.6 Å². The van der Waals surface area contributed by atoms with Crippen molar-refractivity contribution in [2.45, 2.75) is 0 Å². The zero-order valence-corrected chi connectivity index (χ0v) is 12.1. The zero-order valence-electron chi connectivity index (χ0n) is 11.2. The molecule has 0 aliphatic heterocycles. The second-order valence-electron chi connectivity index (χ2n) is 4.26. The molecule has 22 heavy (non-hydrogen) atoms. The van der Waals surface area contributed by atoms with Gasteiger partial charge in [0, 0.05) is 17.4 Å². The Labute approximate surface area is 129 Å². The van der Waals surface area contributed by atoms with E-state index in [9.17, 15) is 9.59 Å². The van der Waals surface area contributed by atoms with Gasteiger partial charge in [-0.15, -0.1) is 0 Å². The van der Waals surface area contributed by atoms with Gasteiger partial charge in [0.1, 0.15) is 0 Å². The van der Waals surface area contributed by atoms with Crippen molar-refractivity contribution in [2.24, 2.45) is 0 Å². The Morgan fingerprint density at radius 1 is 1.05 bits per heavy atom. The van der Waals surface area contributed by atoms with Gasteiger partial charge in [-0.2, -0.15) is 0 Å². The minimum absolute atomic E-state index is 0.513. The quantitative estimate of drug-likeness (QED) is 0.571. The van der Waals surface area contributed by atoms with Crippen molar-refractivity contribution in [3.63, 3.8) is 0 Å². The number of carbonyl (C=O) groups excluding carboxylic acids is 2. The summed E-state index contributed by atoms with van der Waals surface area (Å²) in [5.41, 5.74) is 1.58. The summed E-state index contributed by atoms with van der Waals surface area (Å²) in [4.78, 5) is 26.6. The average molecular weight is 310 g/mol. The molecule has 0 bridgehead atoms. The van der Waals surface area contributed by atoms with Gasteiger partial charge in [0.25, 0.3) is 0 Å². The Bertz CT molecular complexity index is 852.